The normalized spacial score (nSPS) is 10.8. The average Bonchev–Trinajstić information content (AvgIpc) is 2.46. The molecule has 0 aromatic carbocycles. The van der Waals surface area contributed by atoms with Crippen molar-refractivity contribution < 1.29 is 0 Å². The highest BCUT2D eigenvalue weighted by Crippen LogP contribution is 2.11. The number of fused-ring (bicyclic) bond motifs is 1. The summed E-state index contributed by atoms with van der Waals surface area (Å²) in [6.45, 7) is 2.12. The predicted molar refractivity (Wildman–Crippen MR) is 52.3 cm³/mol. The van der Waals surface area contributed by atoms with Crippen molar-refractivity contribution in [3.8, 4) is 0 Å². The van der Waals surface area contributed by atoms with E-state index in [1.165, 1.54) is 0 Å². The second-order valence-corrected chi connectivity index (χ2v) is 3.04. The molecule has 0 saturated carbocycles. The number of hydrogen-bond acceptors (Lipinski definition) is 3. The van der Waals surface area contributed by atoms with E-state index in [4.69, 9.17) is 5.73 Å². The van der Waals surface area contributed by atoms with E-state index in [2.05, 4.69) is 21.9 Å². The number of nitrogen functional groups attached to an aromatic ring is 1. The molecule has 0 spiro atoms. The number of imidazole rings is 1. The van der Waals surface area contributed by atoms with Gasteiger partial charge in [-0.1, -0.05) is 6.92 Å². The van der Waals surface area contributed by atoms with Gasteiger partial charge in [0.15, 0.2) is 5.65 Å². The van der Waals surface area contributed by atoms with Crippen molar-refractivity contribution in [2.24, 2.45) is 0 Å². The van der Waals surface area contributed by atoms with Crippen LogP contribution in [0, 0.1) is 0 Å². The number of aryl methyl sites for hydroxylation is 1. The van der Waals surface area contributed by atoms with Gasteiger partial charge in [0.1, 0.15) is 11.6 Å². The van der Waals surface area contributed by atoms with Crippen molar-refractivity contribution in [3.63, 3.8) is 0 Å². The number of hydrogen-bond donors (Lipinski definition) is 2. The maximum absolute atomic E-state index is 5.54. The molecule has 68 valence electrons. The summed E-state index contributed by atoms with van der Waals surface area (Å²) in [6.07, 6.45) is 2.03. The van der Waals surface area contributed by atoms with Crippen molar-refractivity contribution in [2.75, 3.05) is 5.73 Å². The minimum atomic E-state index is 0.516. The topological polar surface area (TPSA) is 67.6 Å². The predicted octanol–water partition coefficient (Wildman–Crippen LogP) is 1.49. The maximum atomic E-state index is 5.54. The molecule has 0 saturated heterocycles. The summed E-state index contributed by atoms with van der Waals surface area (Å²) in [6, 6.07) is 3.68. The minimum Gasteiger partial charge on any atom is -0.384 e. The first-order valence-corrected chi connectivity index (χ1v) is 4.40. The molecular formula is C9H12N4. The number of aromatic nitrogens is 3. The lowest BCUT2D eigenvalue weighted by Gasteiger charge is -1.88. The molecule has 0 radical (unpaired) electrons. The third-order valence-corrected chi connectivity index (χ3v) is 1.90. The number of anilines is 1. The summed E-state index contributed by atoms with van der Waals surface area (Å²) in [7, 11) is 0. The van der Waals surface area contributed by atoms with Crippen LogP contribution >= 0.6 is 0 Å². The first kappa shape index (κ1) is 8.04. The van der Waals surface area contributed by atoms with Gasteiger partial charge in [0.05, 0.1) is 5.52 Å². The molecule has 13 heavy (non-hydrogen) atoms. The molecule has 2 heterocycles. The molecule has 0 fully saturated rings. The summed E-state index contributed by atoms with van der Waals surface area (Å²) < 4.78 is 0. The Morgan fingerprint density at radius 2 is 2.23 bits per heavy atom. The average molecular weight is 176 g/mol. The Kier molecular flexibility index (Phi) is 1.88. The van der Waals surface area contributed by atoms with Crippen LogP contribution in [0.15, 0.2) is 12.1 Å². The fourth-order valence-electron chi connectivity index (χ4n) is 1.31. The van der Waals surface area contributed by atoms with E-state index in [1.807, 2.05) is 6.07 Å². The largest absolute Gasteiger partial charge is 0.384 e. The molecule has 0 aliphatic rings. The lowest BCUT2D eigenvalue weighted by Crippen LogP contribution is -1.88. The molecule has 0 amide bonds. The monoisotopic (exact) mass is 176 g/mol. The number of pyridine rings is 1. The number of aromatic amines is 1. The first-order chi connectivity index (χ1) is 6.29. The zero-order valence-electron chi connectivity index (χ0n) is 7.54. The third-order valence-electron chi connectivity index (χ3n) is 1.90. The first-order valence-electron chi connectivity index (χ1n) is 4.40. The van der Waals surface area contributed by atoms with Crippen LogP contribution in [0.25, 0.3) is 11.2 Å². The van der Waals surface area contributed by atoms with Crippen molar-refractivity contribution in [1.29, 1.82) is 0 Å². The Balaban J connectivity index is 2.49. The van der Waals surface area contributed by atoms with Crippen LogP contribution in [0.3, 0.4) is 0 Å². The fraction of sp³-hybridized carbons (Fsp3) is 0.333. The Morgan fingerprint density at radius 1 is 1.38 bits per heavy atom. The van der Waals surface area contributed by atoms with E-state index in [0.29, 0.717) is 11.5 Å². The standard InChI is InChI=1S/C9H12N4/c1-2-3-8-11-6-4-5-7(10)12-9(6)13-8/h4-5H,2-3H2,1H3,(H3,10,11,12,13). The lowest BCUT2D eigenvalue weighted by atomic mass is 10.3. The Hall–Kier alpha value is -1.58. The van der Waals surface area contributed by atoms with E-state index < -0.39 is 0 Å². The van der Waals surface area contributed by atoms with Gasteiger partial charge in [-0.15, -0.1) is 0 Å². The Morgan fingerprint density at radius 3 is 3.00 bits per heavy atom. The summed E-state index contributed by atoms with van der Waals surface area (Å²) in [5, 5.41) is 0. The van der Waals surface area contributed by atoms with Crippen LogP contribution in [0.4, 0.5) is 5.82 Å². The summed E-state index contributed by atoms with van der Waals surface area (Å²) >= 11 is 0. The summed E-state index contributed by atoms with van der Waals surface area (Å²) in [4.78, 5) is 11.6. The molecule has 2 rings (SSSR count). The van der Waals surface area contributed by atoms with Crippen molar-refractivity contribution in [2.45, 2.75) is 19.8 Å². The number of rotatable bonds is 2. The number of nitrogens with zero attached hydrogens (tertiary/aromatic N) is 2. The number of H-pyrrole nitrogens is 1. The van der Waals surface area contributed by atoms with Crippen LogP contribution < -0.4 is 5.73 Å². The maximum Gasteiger partial charge on any atom is 0.179 e. The van der Waals surface area contributed by atoms with Gasteiger partial charge in [-0.2, -0.15) is 0 Å². The molecule has 4 heteroatoms. The van der Waals surface area contributed by atoms with Crippen LogP contribution in [-0.2, 0) is 6.42 Å². The highest BCUT2D eigenvalue weighted by atomic mass is 15.0. The Bertz CT molecular complexity index is 418. The highest BCUT2D eigenvalue weighted by molar-refractivity contribution is 5.72. The second kappa shape index (κ2) is 3.05. The van der Waals surface area contributed by atoms with Gasteiger partial charge in [0.2, 0.25) is 0 Å². The fourth-order valence-corrected chi connectivity index (χ4v) is 1.31. The molecule has 4 nitrogen and oxygen atoms in total. The van der Waals surface area contributed by atoms with E-state index in [-0.39, 0.29) is 0 Å². The van der Waals surface area contributed by atoms with Gasteiger partial charge < -0.3 is 10.7 Å². The van der Waals surface area contributed by atoms with Crippen molar-refractivity contribution in [3.05, 3.63) is 18.0 Å². The zero-order chi connectivity index (χ0) is 9.26. The smallest absolute Gasteiger partial charge is 0.179 e. The molecule has 0 atom stereocenters. The minimum absolute atomic E-state index is 0.516. The molecule has 2 aromatic heterocycles. The van der Waals surface area contributed by atoms with E-state index in [0.717, 1.165) is 24.2 Å². The molecule has 3 N–H and O–H groups in total. The van der Waals surface area contributed by atoms with Crippen LogP contribution in [0.1, 0.15) is 19.2 Å². The van der Waals surface area contributed by atoms with Crippen LogP contribution in [0.5, 0.6) is 0 Å². The van der Waals surface area contributed by atoms with Crippen LogP contribution in [-0.4, -0.2) is 15.0 Å². The van der Waals surface area contributed by atoms with E-state index >= 15 is 0 Å². The zero-order valence-corrected chi connectivity index (χ0v) is 7.54. The molecular weight excluding hydrogens is 164 g/mol. The highest BCUT2D eigenvalue weighted by Gasteiger charge is 2.02. The van der Waals surface area contributed by atoms with Gasteiger partial charge in [-0.05, 0) is 18.6 Å². The van der Waals surface area contributed by atoms with Crippen molar-refractivity contribution in [1.82, 2.24) is 15.0 Å². The van der Waals surface area contributed by atoms with Gasteiger partial charge in [-0.25, -0.2) is 9.97 Å². The lowest BCUT2D eigenvalue weighted by molar-refractivity contribution is 0.860. The molecule has 0 aliphatic carbocycles. The number of nitrogens with one attached hydrogen (secondary N) is 1. The molecule has 2 aromatic rings. The van der Waals surface area contributed by atoms with Gasteiger partial charge >= 0.3 is 0 Å². The molecule has 0 bridgehead atoms. The van der Waals surface area contributed by atoms with Gasteiger partial charge in [0, 0.05) is 6.42 Å². The van der Waals surface area contributed by atoms with E-state index in [9.17, 15) is 0 Å². The van der Waals surface area contributed by atoms with Gasteiger partial charge in [0.25, 0.3) is 0 Å². The molecule has 0 unspecified atom stereocenters. The summed E-state index contributed by atoms with van der Waals surface area (Å²) in [5.41, 5.74) is 7.21. The Labute approximate surface area is 76.2 Å². The second-order valence-electron chi connectivity index (χ2n) is 3.04. The van der Waals surface area contributed by atoms with Gasteiger partial charge in [-0.3, -0.25) is 0 Å². The van der Waals surface area contributed by atoms with Crippen LogP contribution in [0.2, 0.25) is 0 Å². The number of nitrogens with two attached hydrogens (primary N) is 1. The van der Waals surface area contributed by atoms with Crippen molar-refractivity contribution >= 4 is 17.0 Å². The summed E-state index contributed by atoms with van der Waals surface area (Å²) in [5.74, 6) is 1.50. The SMILES string of the molecule is CCCc1nc2nc(N)ccc2[nH]1. The third kappa shape index (κ3) is 1.47. The van der Waals surface area contributed by atoms with E-state index in [1.54, 1.807) is 6.07 Å². The molecule has 0 aliphatic heterocycles. The quantitative estimate of drug-likeness (QED) is 0.728.